The molecule has 1 heterocycles. The predicted molar refractivity (Wildman–Crippen MR) is 112 cm³/mol. The van der Waals surface area contributed by atoms with Gasteiger partial charge >= 0.3 is 0 Å². The van der Waals surface area contributed by atoms with Crippen molar-refractivity contribution in [2.45, 2.75) is 6.92 Å². The molecule has 0 radical (unpaired) electrons. The lowest BCUT2D eigenvalue weighted by atomic mass is 10.1. The van der Waals surface area contributed by atoms with Crippen LogP contribution in [0.2, 0.25) is 5.02 Å². The normalized spacial score (nSPS) is 11.3. The van der Waals surface area contributed by atoms with Gasteiger partial charge in [-0.25, -0.2) is 4.98 Å². The monoisotopic (exact) mass is 372 g/mol. The van der Waals surface area contributed by atoms with Gasteiger partial charge in [0.1, 0.15) is 5.82 Å². The second-order valence-electron chi connectivity index (χ2n) is 6.27. The Balaban J connectivity index is 1.99. The van der Waals surface area contributed by atoms with Crippen LogP contribution < -0.4 is 5.56 Å². The number of aromatic nitrogens is 2. The number of hydrogen-bond acceptors (Lipinski definition) is 2. The first-order valence-electron chi connectivity index (χ1n) is 8.65. The fourth-order valence-corrected chi connectivity index (χ4v) is 3.28. The van der Waals surface area contributed by atoms with Gasteiger partial charge in [-0.15, -0.1) is 0 Å². The molecule has 0 N–H and O–H groups in total. The van der Waals surface area contributed by atoms with Gasteiger partial charge in [0.2, 0.25) is 0 Å². The van der Waals surface area contributed by atoms with E-state index in [1.807, 2.05) is 85.8 Å². The summed E-state index contributed by atoms with van der Waals surface area (Å²) >= 11 is 6.26. The van der Waals surface area contributed by atoms with E-state index in [2.05, 4.69) is 0 Å². The minimum atomic E-state index is -0.0892. The highest BCUT2D eigenvalue weighted by molar-refractivity contribution is 6.32. The van der Waals surface area contributed by atoms with Gasteiger partial charge in [-0.2, -0.15) is 0 Å². The first-order valence-corrected chi connectivity index (χ1v) is 9.03. The molecule has 0 saturated carbocycles. The Kier molecular flexibility index (Phi) is 4.61. The summed E-state index contributed by atoms with van der Waals surface area (Å²) in [7, 11) is 0. The van der Waals surface area contributed by atoms with E-state index in [0.717, 1.165) is 16.8 Å². The molecule has 0 spiro atoms. The lowest BCUT2D eigenvalue weighted by Crippen LogP contribution is -2.23. The number of halogens is 1. The van der Waals surface area contributed by atoms with Crippen molar-refractivity contribution >= 4 is 34.7 Å². The average molecular weight is 373 g/mol. The maximum atomic E-state index is 13.2. The SMILES string of the molecule is Cc1ccccc1-n1c(/C=C\c2ccccc2Cl)nc2ccccc2c1=O. The van der Waals surface area contributed by atoms with E-state index >= 15 is 0 Å². The topological polar surface area (TPSA) is 34.9 Å². The van der Waals surface area contributed by atoms with Crippen LogP contribution in [0.3, 0.4) is 0 Å². The van der Waals surface area contributed by atoms with E-state index in [-0.39, 0.29) is 5.56 Å². The van der Waals surface area contributed by atoms with E-state index in [4.69, 9.17) is 16.6 Å². The quantitative estimate of drug-likeness (QED) is 0.474. The number of benzene rings is 3. The van der Waals surface area contributed by atoms with E-state index in [0.29, 0.717) is 21.7 Å². The summed E-state index contributed by atoms with van der Waals surface area (Å²) in [5.74, 6) is 0.563. The lowest BCUT2D eigenvalue weighted by Gasteiger charge is -2.13. The van der Waals surface area contributed by atoms with Crippen molar-refractivity contribution in [3.8, 4) is 5.69 Å². The highest BCUT2D eigenvalue weighted by atomic mass is 35.5. The zero-order valence-corrected chi connectivity index (χ0v) is 15.5. The number of nitrogens with zero attached hydrogens (tertiary/aromatic N) is 2. The second-order valence-corrected chi connectivity index (χ2v) is 6.68. The van der Waals surface area contributed by atoms with Crippen LogP contribution in [0.5, 0.6) is 0 Å². The summed E-state index contributed by atoms with van der Waals surface area (Å²) in [5.41, 5.74) is 3.28. The highest BCUT2D eigenvalue weighted by Crippen LogP contribution is 2.20. The van der Waals surface area contributed by atoms with E-state index < -0.39 is 0 Å². The fourth-order valence-electron chi connectivity index (χ4n) is 3.08. The Morgan fingerprint density at radius 1 is 0.889 bits per heavy atom. The standard InChI is InChI=1S/C23H17ClN2O/c1-16-8-2-7-13-21(16)26-22(15-14-17-9-3-5-11-19(17)24)25-20-12-6-4-10-18(20)23(26)27/h2-15H,1H3/b15-14-. The number of hydrogen-bond donors (Lipinski definition) is 0. The molecule has 1 aromatic heterocycles. The van der Waals surface area contributed by atoms with E-state index in [1.54, 1.807) is 10.6 Å². The summed E-state index contributed by atoms with van der Waals surface area (Å²) in [4.78, 5) is 18.0. The fraction of sp³-hybridized carbons (Fsp3) is 0.0435. The Labute approximate surface area is 162 Å². The average Bonchev–Trinajstić information content (AvgIpc) is 2.68. The number of fused-ring (bicyclic) bond motifs is 1. The molecule has 3 aromatic carbocycles. The van der Waals surface area contributed by atoms with Crippen LogP contribution in [-0.4, -0.2) is 9.55 Å². The summed E-state index contributed by atoms with van der Waals surface area (Å²) < 4.78 is 1.66. The first kappa shape index (κ1) is 17.3. The molecule has 0 aliphatic carbocycles. The number of rotatable bonds is 3. The van der Waals surface area contributed by atoms with Gasteiger partial charge in [0.15, 0.2) is 0 Å². The molecule has 0 aliphatic heterocycles. The highest BCUT2D eigenvalue weighted by Gasteiger charge is 2.12. The molecule has 27 heavy (non-hydrogen) atoms. The molecule has 0 saturated heterocycles. The zero-order chi connectivity index (χ0) is 18.8. The van der Waals surface area contributed by atoms with Gasteiger partial charge in [-0.05, 0) is 54.5 Å². The van der Waals surface area contributed by atoms with Gasteiger partial charge in [-0.1, -0.05) is 60.1 Å². The van der Waals surface area contributed by atoms with Gasteiger partial charge in [0.05, 0.1) is 16.6 Å². The maximum Gasteiger partial charge on any atom is 0.266 e. The van der Waals surface area contributed by atoms with Crippen LogP contribution in [0, 0.1) is 6.92 Å². The van der Waals surface area contributed by atoms with Crippen LogP contribution in [0.25, 0.3) is 28.7 Å². The summed E-state index contributed by atoms with van der Waals surface area (Å²) in [6.07, 6.45) is 3.72. The van der Waals surface area contributed by atoms with Gasteiger partial charge in [-0.3, -0.25) is 9.36 Å². The van der Waals surface area contributed by atoms with Crippen LogP contribution >= 0.6 is 11.6 Å². The third-order valence-electron chi connectivity index (χ3n) is 4.48. The molecule has 0 fully saturated rings. The van der Waals surface area contributed by atoms with Gasteiger partial charge in [0.25, 0.3) is 5.56 Å². The second kappa shape index (κ2) is 7.22. The Morgan fingerprint density at radius 3 is 2.41 bits per heavy atom. The molecule has 0 amide bonds. The summed E-state index contributed by atoms with van der Waals surface area (Å²) in [6.45, 7) is 1.98. The van der Waals surface area contributed by atoms with Crippen molar-refractivity contribution in [1.29, 1.82) is 0 Å². The smallest absolute Gasteiger partial charge is 0.266 e. The third kappa shape index (κ3) is 3.29. The Hall–Kier alpha value is -3.17. The van der Waals surface area contributed by atoms with Crippen LogP contribution in [0.1, 0.15) is 17.0 Å². The minimum Gasteiger partial charge on any atom is -0.268 e. The Bertz CT molecular complexity index is 1220. The van der Waals surface area contributed by atoms with Crippen molar-refractivity contribution in [3.63, 3.8) is 0 Å². The van der Waals surface area contributed by atoms with Crippen molar-refractivity contribution in [1.82, 2.24) is 9.55 Å². The zero-order valence-electron chi connectivity index (χ0n) is 14.8. The van der Waals surface area contributed by atoms with E-state index in [9.17, 15) is 4.79 Å². The van der Waals surface area contributed by atoms with E-state index in [1.165, 1.54) is 0 Å². The van der Waals surface area contributed by atoms with Crippen molar-refractivity contribution in [3.05, 3.63) is 105 Å². The summed E-state index contributed by atoms with van der Waals surface area (Å²) in [6, 6.07) is 22.8. The molecule has 4 aromatic rings. The molecule has 4 rings (SSSR count). The van der Waals surface area contributed by atoms with Gasteiger partial charge < -0.3 is 0 Å². The van der Waals surface area contributed by atoms with Crippen LogP contribution in [-0.2, 0) is 0 Å². The Morgan fingerprint density at radius 2 is 1.59 bits per heavy atom. The summed E-state index contributed by atoms with van der Waals surface area (Å²) in [5, 5.41) is 1.25. The van der Waals surface area contributed by atoms with Crippen LogP contribution in [0.15, 0.2) is 77.6 Å². The molecule has 0 unspecified atom stereocenters. The maximum absolute atomic E-state index is 13.2. The molecule has 0 aliphatic rings. The van der Waals surface area contributed by atoms with Crippen molar-refractivity contribution in [2.24, 2.45) is 0 Å². The van der Waals surface area contributed by atoms with Crippen molar-refractivity contribution in [2.75, 3.05) is 0 Å². The molecule has 0 bridgehead atoms. The van der Waals surface area contributed by atoms with Crippen molar-refractivity contribution < 1.29 is 0 Å². The predicted octanol–water partition coefficient (Wildman–Crippen LogP) is 5.52. The third-order valence-corrected chi connectivity index (χ3v) is 4.82. The largest absolute Gasteiger partial charge is 0.268 e. The molecule has 0 atom stereocenters. The molecule has 4 heteroatoms. The first-order chi connectivity index (χ1) is 13.1. The molecular weight excluding hydrogens is 356 g/mol. The van der Waals surface area contributed by atoms with Crippen LogP contribution in [0.4, 0.5) is 0 Å². The number of aryl methyl sites for hydroxylation is 1. The molecule has 132 valence electrons. The number of para-hydroxylation sites is 2. The molecule has 3 nitrogen and oxygen atoms in total. The minimum absolute atomic E-state index is 0.0892. The lowest BCUT2D eigenvalue weighted by molar-refractivity contribution is 0.934. The van der Waals surface area contributed by atoms with Gasteiger partial charge in [0, 0.05) is 5.02 Å². The molecular formula is C23H17ClN2O.